The molecule has 2 aliphatic heterocycles. The van der Waals surface area contributed by atoms with Crippen molar-refractivity contribution < 1.29 is 9.59 Å². The van der Waals surface area contributed by atoms with Crippen LogP contribution in [0.3, 0.4) is 0 Å². The Morgan fingerprint density at radius 1 is 1.50 bits per heavy atom. The molecule has 3 rings (SSSR count). The number of para-hydroxylation sites is 1. The highest BCUT2D eigenvalue weighted by Crippen LogP contribution is 2.37. The maximum atomic E-state index is 12.5. The zero-order chi connectivity index (χ0) is 15.7. The summed E-state index contributed by atoms with van der Waals surface area (Å²) >= 11 is 1.47. The Morgan fingerprint density at radius 2 is 2.27 bits per heavy atom. The first kappa shape index (κ1) is 15.4. The summed E-state index contributed by atoms with van der Waals surface area (Å²) < 4.78 is 0. The molecule has 2 aliphatic rings. The molecule has 1 fully saturated rings. The number of hydrogen-bond acceptors (Lipinski definition) is 4. The Morgan fingerprint density at radius 3 is 3.00 bits per heavy atom. The minimum atomic E-state index is -0.355. The normalized spacial score (nSPS) is 27.5. The van der Waals surface area contributed by atoms with Crippen LogP contribution in [0.5, 0.6) is 0 Å². The lowest BCUT2D eigenvalue weighted by molar-refractivity contribution is -0.132. The number of carbonyl (C=O) groups excluding carboxylic acids is 2. The minimum Gasteiger partial charge on any atom is -0.342 e. The van der Waals surface area contributed by atoms with E-state index in [-0.39, 0.29) is 28.9 Å². The SMILES string of the molecule is CC1(CN)CCN(C(=O)CC2Sc3ccccc3NC2=O)C1. The number of nitrogens with zero attached hydrogens (tertiary/aromatic N) is 1. The van der Waals surface area contributed by atoms with Crippen LogP contribution in [0, 0.1) is 5.41 Å². The second-order valence-corrected chi connectivity index (χ2v) is 7.62. The molecule has 5 nitrogen and oxygen atoms in total. The monoisotopic (exact) mass is 319 g/mol. The summed E-state index contributed by atoms with van der Waals surface area (Å²) in [5.74, 6) is -0.0398. The van der Waals surface area contributed by atoms with E-state index in [1.54, 1.807) is 0 Å². The molecule has 1 aromatic carbocycles. The van der Waals surface area contributed by atoms with Crippen LogP contribution in [0.1, 0.15) is 19.8 Å². The van der Waals surface area contributed by atoms with Crippen LogP contribution in [0.4, 0.5) is 5.69 Å². The molecule has 0 saturated carbocycles. The Bertz CT molecular complexity index is 607. The molecule has 3 N–H and O–H groups in total. The second-order valence-electron chi connectivity index (χ2n) is 6.38. The van der Waals surface area contributed by atoms with E-state index < -0.39 is 0 Å². The third-order valence-corrected chi connectivity index (χ3v) is 5.75. The second kappa shape index (κ2) is 5.93. The fourth-order valence-electron chi connectivity index (χ4n) is 2.92. The summed E-state index contributed by atoms with van der Waals surface area (Å²) in [6.45, 7) is 4.13. The van der Waals surface area contributed by atoms with Crippen molar-refractivity contribution in [2.45, 2.75) is 29.9 Å². The summed E-state index contributed by atoms with van der Waals surface area (Å²) in [6, 6.07) is 7.68. The van der Waals surface area contributed by atoms with Crippen LogP contribution >= 0.6 is 11.8 Å². The highest BCUT2D eigenvalue weighted by molar-refractivity contribution is 8.01. The molecular weight excluding hydrogens is 298 g/mol. The molecule has 0 bridgehead atoms. The number of rotatable bonds is 3. The van der Waals surface area contributed by atoms with E-state index in [1.807, 2.05) is 29.2 Å². The molecule has 2 heterocycles. The molecule has 0 aliphatic carbocycles. The third kappa shape index (κ3) is 2.98. The molecule has 2 atom stereocenters. The van der Waals surface area contributed by atoms with Gasteiger partial charge in [0.25, 0.3) is 0 Å². The number of anilines is 1. The zero-order valence-corrected chi connectivity index (χ0v) is 13.5. The molecule has 118 valence electrons. The van der Waals surface area contributed by atoms with E-state index >= 15 is 0 Å². The van der Waals surface area contributed by atoms with E-state index in [4.69, 9.17) is 5.73 Å². The van der Waals surface area contributed by atoms with E-state index in [0.29, 0.717) is 13.1 Å². The van der Waals surface area contributed by atoms with Crippen molar-refractivity contribution in [1.29, 1.82) is 0 Å². The highest BCUT2D eigenvalue weighted by Gasteiger charge is 2.37. The highest BCUT2D eigenvalue weighted by atomic mass is 32.2. The van der Waals surface area contributed by atoms with Gasteiger partial charge in [0, 0.05) is 24.4 Å². The molecule has 1 saturated heterocycles. The van der Waals surface area contributed by atoms with Gasteiger partial charge in [-0.05, 0) is 30.5 Å². The Kier molecular flexibility index (Phi) is 4.14. The average Bonchev–Trinajstić information content (AvgIpc) is 2.91. The number of carbonyl (C=O) groups is 2. The lowest BCUT2D eigenvalue weighted by atomic mass is 9.90. The molecular formula is C16H21N3O2S. The molecule has 0 spiro atoms. The maximum absolute atomic E-state index is 12.5. The van der Waals surface area contributed by atoms with Gasteiger partial charge in [0.1, 0.15) is 0 Å². The smallest absolute Gasteiger partial charge is 0.238 e. The largest absolute Gasteiger partial charge is 0.342 e. The van der Waals surface area contributed by atoms with Crippen LogP contribution < -0.4 is 11.1 Å². The fraction of sp³-hybridized carbons (Fsp3) is 0.500. The van der Waals surface area contributed by atoms with E-state index in [1.165, 1.54) is 11.8 Å². The van der Waals surface area contributed by atoms with Gasteiger partial charge in [0.05, 0.1) is 10.9 Å². The molecule has 0 aromatic heterocycles. The summed E-state index contributed by atoms with van der Waals surface area (Å²) in [4.78, 5) is 27.5. The van der Waals surface area contributed by atoms with Gasteiger partial charge in [-0.1, -0.05) is 19.1 Å². The first-order valence-corrected chi connectivity index (χ1v) is 8.43. The van der Waals surface area contributed by atoms with Gasteiger partial charge < -0.3 is 16.0 Å². The number of thioether (sulfide) groups is 1. The number of likely N-dealkylation sites (tertiary alicyclic amines) is 1. The minimum absolute atomic E-state index is 0.0181. The topological polar surface area (TPSA) is 75.4 Å². The average molecular weight is 319 g/mol. The summed E-state index contributed by atoms with van der Waals surface area (Å²) in [7, 11) is 0. The van der Waals surface area contributed by atoms with Gasteiger partial charge in [-0.2, -0.15) is 0 Å². The first-order chi connectivity index (χ1) is 10.5. The molecule has 2 unspecified atom stereocenters. The lowest BCUT2D eigenvalue weighted by Gasteiger charge is -2.26. The predicted octanol–water partition coefficient (Wildman–Crippen LogP) is 1.69. The number of nitrogens with two attached hydrogens (primary N) is 1. The van der Waals surface area contributed by atoms with E-state index in [2.05, 4.69) is 12.2 Å². The molecule has 22 heavy (non-hydrogen) atoms. The van der Waals surface area contributed by atoms with Crippen LogP contribution in [-0.4, -0.2) is 41.6 Å². The van der Waals surface area contributed by atoms with Crippen molar-refractivity contribution >= 4 is 29.3 Å². The summed E-state index contributed by atoms with van der Waals surface area (Å²) in [5.41, 5.74) is 6.63. The summed E-state index contributed by atoms with van der Waals surface area (Å²) in [6.07, 6.45) is 1.17. The van der Waals surface area contributed by atoms with Crippen LogP contribution in [0.25, 0.3) is 0 Å². The zero-order valence-electron chi connectivity index (χ0n) is 12.7. The molecule has 1 aromatic rings. The van der Waals surface area contributed by atoms with Crippen molar-refractivity contribution in [3.63, 3.8) is 0 Å². The van der Waals surface area contributed by atoms with Crippen LogP contribution in [0.2, 0.25) is 0 Å². The Balaban J connectivity index is 1.64. The van der Waals surface area contributed by atoms with Gasteiger partial charge in [-0.15, -0.1) is 11.8 Å². The van der Waals surface area contributed by atoms with Gasteiger partial charge in [0.15, 0.2) is 0 Å². The van der Waals surface area contributed by atoms with Crippen molar-refractivity contribution in [3.8, 4) is 0 Å². The van der Waals surface area contributed by atoms with Crippen molar-refractivity contribution in [2.24, 2.45) is 11.1 Å². The van der Waals surface area contributed by atoms with Crippen LogP contribution in [-0.2, 0) is 9.59 Å². The van der Waals surface area contributed by atoms with Crippen LogP contribution in [0.15, 0.2) is 29.2 Å². The van der Waals surface area contributed by atoms with E-state index in [0.717, 1.165) is 23.5 Å². The summed E-state index contributed by atoms with van der Waals surface area (Å²) in [5, 5.41) is 2.53. The number of amides is 2. The number of hydrogen-bond donors (Lipinski definition) is 2. The molecule has 2 amide bonds. The van der Waals surface area contributed by atoms with Gasteiger partial charge >= 0.3 is 0 Å². The van der Waals surface area contributed by atoms with Gasteiger partial charge in [0.2, 0.25) is 11.8 Å². The molecule has 6 heteroatoms. The van der Waals surface area contributed by atoms with Gasteiger partial charge in [-0.3, -0.25) is 9.59 Å². The Hall–Kier alpha value is -1.53. The van der Waals surface area contributed by atoms with Crippen molar-refractivity contribution in [2.75, 3.05) is 25.0 Å². The predicted molar refractivity (Wildman–Crippen MR) is 87.7 cm³/mol. The standard InChI is InChI=1S/C16H21N3O2S/c1-16(9-17)6-7-19(10-16)14(20)8-13-15(21)18-11-4-2-3-5-12(11)22-13/h2-5,13H,6-10,17H2,1H3,(H,18,21). The third-order valence-electron chi connectivity index (χ3n) is 4.47. The van der Waals surface area contributed by atoms with Crippen molar-refractivity contribution in [1.82, 2.24) is 4.90 Å². The fourth-order valence-corrected chi connectivity index (χ4v) is 4.02. The first-order valence-electron chi connectivity index (χ1n) is 7.55. The number of fused-ring (bicyclic) bond motifs is 1. The lowest BCUT2D eigenvalue weighted by Crippen LogP contribution is -2.38. The number of nitrogens with one attached hydrogen (secondary N) is 1. The van der Waals surface area contributed by atoms with Gasteiger partial charge in [-0.25, -0.2) is 0 Å². The molecule has 0 radical (unpaired) electrons. The Labute approximate surface area is 134 Å². The van der Waals surface area contributed by atoms with Crippen molar-refractivity contribution in [3.05, 3.63) is 24.3 Å². The quantitative estimate of drug-likeness (QED) is 0.889. The number of benzene rings is 1. The van der Waals surface area contributed by atoms with E-state index in [9.17, 15) is 9.59 Å². The maximum Gasteiger partial charge on any atom is 0.238 e.